The van der Waals surface area contributed by atoms with E-state index in [0.717, 1.165) is 42.3 Å². The van der Waals surface area contributed by atoms with Gasteiger partial charge in [-0.2, -0.15) is 5.10 Å². The number of aromatic amines is 1. The smallest absolute Gasteiger partial charge is 0.346 e. The van der Waals surface area contributed by atoms with Crippen molar-refractivity contribution in [1.29, 1.82) is 0 Å². The Kier molecular flexibility index (Phi) is 17.6. The lowest BCUT2D eigenvalue weighted by molar-refractivity contribution is -0.385. The molecule has 21 nitrogen and oxygen atoms in total. The van der Waals surface area contributed by atoms with Crippen molar-refractivity contribution in [2.45, 2.75) is 121 Å². The summed E-state index contributed by atoms with van der Waals surface area (Å²) in [4.78, 5) is 78.9. The normalized spacial score (nSPS) is 23.9. The number of rotatable bonds is 23. The number of aliphatic hydroxyl groups excluding tert-OH is 1. The van der Waals surface area contributed by atoms with E-state index in [4.69, 9.17) is 40.6 Å². The molecular formula is C51H59N5O16S. The van der Waals surface area contributed by atoms with Gasteiger partial charge in [0, 0.05) is 56.7 Å². The summed E-state index contributed by atoms with van der Waals surface area (Å²) in [6.07, 6.45) is -3.81. The van der Waals surface area contributed by atoms with Crippen LogP contribution in [0, 0.1) is 42.8 Å². The van der Waals surface area contributed by atoms with Crippen LogP contribution in [0.1, 0.15) is 88.9 Å². The number of nitrogens with one attached hydrogen (secondary N) is 1. The Morgan fingerprint density at radius 1 is 0.932 bits per heavy atom. The number of carbonyl (C=O) groups is 4. The molecule has 0 saturated carbocycles. The molecule has 0 spiro atoms. The van der Waals surface area contributed by atoms with Gasteiger partial charge in [0.05, 0.1) is 9.85 Å². The zero-order valence-electron chi connectivity index (χ0n) is 41.2. The third-order valence-electron chi connectivity index (χ3n) is 13.2. The van der Waals surface area contributed by atoms with Gasteiger partial charge in [0.1, 0.15) is 25.4 Å². The number of non-ortho nitro benzene ring substituents is 2. The average molecular weight is 1030 g/mol. The number of hydrogen-bond acceptors (Lipinski definition) is 18. The zero-order chi connectivity index (χ0) is 53.4. The summed E-state index contributed by atoms with van der Waals surface area (Å²) in [6, 6.07) is 19.2. The topological polar surface area (TPSA) is 284 Å². The molecule has 390 valence electrons. The van der Waals surface area contributed by atoms with E-state index in [9.17, 15) is 40.0 Å². The van der Waals surface area contributed by atoms with Gasteiger partial charge in [-0.3, -0.25) is 30.1 Å². The van der Waals surface area contributed by atoms with E-state index >= 15 is 9.59 Å². The predicted octanol–water partition coefficient (Wildman–Crippen LogP) is 7.10. The fourth-order valence-corrected chi connectivity index (χ4v) is 9.24. The summed E-state index contributed by atoms with van der Waals surface area (Å²) in [6.45, 7) is 11.9. The van der Waals surface area contributed by atoms with Gasteiger partial charge in [0.2, 0.25) is 11.4 Å². The predicted molar refractivity (Wildman–Crippen MR) is 261 cm³/mol. The Morgan fingerprint density at radius 2 is 1.51 bits per heavy atom. The lowest BCUT2D eigenvalue weighted by Gasteiger charge is -2.50. The number of carbonyl (C=O) groups excluding carboxylic acids is 4. The lowest BCUT2D eigenvalue weighted by atomic mass is 9.74. The van der Waals surface area contributed by atoms with Crippen molar-refractivity contribution >= 4 is 47.5 Å². The maximum Gasteiger partial charge on any atom is 0.346 e. The number of esters is 4. The quantitative estimate of drug-likeness (QED) is 0.0127. The minimum Gasteiger partial charge on any atom is -0.459 e. The molecule has 0 aliphatic carbocycles. The van der Waals surface area contributed by atoms with E-state index in [1.54, 1.807) is 6.08 Å². The Morgan fingerprint density at radius 3 is 2.03 bits per heavy atom. The Balaban J connectivity index is 1.51. The van der Waals surface area contributed by atoms with Crippen LogP contribution < -0.4 is 0 Å². The first kappa shape index (κ1) is 55.3. The lowest BCUT2D eigenvalue weighted by Crippen LogP contribution is -2.75. The van der Waals surface area contributed by atoms with Crippen molar-refractivity contribution in [3.05, 3.63) is 151 Å². The second kappa shape index (κ2) is 23.3. The highest BCUT2D eigenvalue weighted by atomic mass is 32.1. The van der Waals surface area contributed by atoms with Gasteiger partial charge in [-0.25, -0.2) is 14.4 Å². The number of benzene rings is 3. The summed E-state index contributed by atoms with van der Waals surface area (Å²) in [5, 5.41) is 56.0. The zero-order valence-corrected chi connectivity index (χ0v) is 42.0. The summed E-state index contributed by atoms with van der Waals surface area (Å²) < 4.78 is 37.7. The largest absolute Gasteiger partial charge is 0.459 e. The van der Waals surface area contributed by atoms with Crippen molar-refractivity contribution in [1.82, 2.24) is 14.8 Å². The number of aliphatic hydroxyl groups is 2. The van der Waals surface area contributed by atoms with Gasteiger partial charge in [-0.1, -0.05) is 77.1 Å². The van der Waals surface area contributed by atoms with Crippen molar-refractivity contribution in [2.75, 3.05) is 0 Å². The molecular weight excluding hydrogens is 971 g/mol. The number of fused-ring (bicyclic) bond motifs is 2. The number of aromatic nitrogens is 3. The molecule has 2 aliphatic heterocycles. The maximum atomic E-state index is 15.4. The third-order valence-corrected chi connectivity index (χ3v) is 13.6. The fourth-order valence-electron chi connectivity index (χ4n) is 9.10. The van der Waals surface area contributed by atoms with Crippen molar-refractivity contribution in [3.63, 3.8) is 0 Å². The van der Waals surface area contributed by atoms with Crippen molar-refractivity contribution in [2.24, 2.45) is 24.8 Å². The first-order valence-electron chi connectivity index (χ1n) is 23.5. The molecule has 0 unspecified atom stereocenters. The highest BCUT2D eigenvalue weighted by molar-refractivity contribution is 7.71. The number of ether oxygens (including phenoxy) is 6. The van der Waals surface area contributed by atoms with Crippen LogP contribution in [0.3, 0.4) is 0 Å². The van der Waals surface area contributed by atoms with Crippen molar-refractivity contribution in [3.8, 4) is 0 Å². The van der Waals surface area contributed by atoms with E-state index in [0.29, 0.717) is 18.4 Å². The highest BCUT2D eigenvalue weighted by Gasteiger charge is 2.86. The molecule has 73 heavy (non-hydrogen) atoms. The molecule has 3 heterocycles. The molecule has 10 atom stereocenters. The van der Waals surface area contributed by atoms with Crippen LogP contribution in [-0.2, 0) is 74.3 Å². The maximum absolute atomic E-state index is 15.4. The molecule has 22 heteroatoms. The van der Waals surface area contributed by atoms with Gasteiger partial charge in [-0.05, 0) is 89.8 Å². The Bertz CT molecular complexity index is 2770. The second-order valence-electron chi connectivity index (χ2n) is 18.6. The Labute approximate surface area is 425 Å². The second-order valence-corrected chi connectivity index (χ2v) is 19.0. The van der Waals surface area contributed by atoms with E-state index in [1.165, 1.54) is 42.8 Å². The molecule has 6 rings (SSSR count). The van der Waals surface area contributed by atoms with Crippen LogP contribution in [-0.4, -0.2) is 94.0 Å². The standard InChI is InChI=1S/C51H59N5O16S/c1-8-30(2)26-31(3)14-23-40(58)70-43-42(59)49(25-24-32(4)41(69-34(6)57)33(5)27-35-12-10-9-11-13-35)71-44(45-52-53-48(73)54(45)7)50(62,46(60)67-28-36-15-19-38(20-16-36)55(63)64)51(43,72-49)47(61)68-29-37-17-21-39(22-18-37)56(65)66/h9-23,30-31,33,41-44,59,62H,4,8,24-29H2,1-3,5-7H3,(H,53,73)/b23-14+/t30-,31+,33+,41+,42+,43+,44+,49+,50+,51+/m0/s1. The summed E-state index contributed by atoms with van der Waals surface area (Å²) in [7, 11) is 1.40. The van der Waals surface area contributed by atoms with Crippen LogP contribution in [0.5, 0.6) is 0 Å². The van der Waals surface area contributed by atoms with E-state index < -0.39 is 94.8 Å². The number of hydrogen-bond donors (Lipinski definition) is 3. The number of nitro groups is 2. The molecule has 2 saturated heterocycles. The molecule has 0 radical (unpaired) electrons. The molecule has 2 aliphatic rings. The van der Waals surface area contributed by atoms with Crippen molar-refractivity contribution < 1.29 is 67.7 Å². The van der Waals surface area contributed by atoms with E-state index in [2.05, 4.69) is 16.8 Å². The third kappa shape index (κ3) is 11.9. The minimum atomic E-state index is -3.55. The molecule has 2 bridgehead atoms. The number of nitrogens with zero attached hydrogens (tertiary/aromatic N) is 4. The molecule has 3 aromatic carbocycles. The van der Waals surface area contributed by atoms with Gasteiger partial charge < -0.3 is 43.2 Å². The van der Waals surface area contributed by atoms with Gasteiger partial charge in [-0.15, -0.1) is 0 Å². The molecule has 3 N–H and O–H groups in total. The van der Waals surface area contributed by atoms with Crippen LogP contribution in [0.15, 0.2) is 103 Å². The number of H-pyrrole nitrogens is 1. The van der Waals surface area contributed by atoms with Gasteiger partial charge >= 0.3 is 23.9 Å². The summed E-state index contributed by atoms with van der Waals surface area (Å²) >= 11 is 5.44. The SMILES string of the molecule is C=C(CC[C@@]12O[C@H](c3n[nH]c(=S)n3C)[C@@](O)(C(=O)OCc3ccc([N+](=O)[O-])cc3)[C@@](C(=O)OCc3ccc([N+](=O)[O-])cc3)(O1)[C@H](OC(=O)/C=C/[C@@H](C)C[C@@H](C)CC)[C@H]2O)[C@@H](OC(C)=O)[C@H](C)Cc1ccccc1. The molecule has 2 fully saturated rings. The monoisotopic (exact) mass is 1030 g/mol. The van der Waals surface area contributed by atoms with E-state index in [-0.39, 0.29) is 57.3 Å². The number of allylic oxidation sites excluding steroid dienone is 1. The molecule has 4 aromatic rings. The van der Waals surface area contributed by atoms with Crippen LogP contribution >= 0.6 is 12.2 Å². The molecule has 0 amide bonds. The minimum absolute atomic E-state index is 0.0620. The highest BCUT2D eigenvalue weighted by Crippen LogP contribution is 2.60. The average Bonchev–Trinajstić information content (AvgIpc) is 3.81. The first-order valence-corrected chi connectivity index (χ1v) is 24.0. The summed E-state index contributed by atoms with van der Waals surface area (Å²) in [5.74, 6) is -8.14. The van der Waals surface area contributed by atoms with E-state index in [1.807, 2.05) is 58.0 Å². The Hall–Kier alpha value is -6.98. The fraction of sp³-hybridized carbons (Fsp3) is 0.451. The van der Waals surface area contributed by atoms with Crippen LogP contribution in [0.25, 0.3) is 0 Å². The number of nitro benzene ring substituents is 2. The van der Waals surface area contributed by atoms with Crippen LogP contribution in [0.2, 0.25) is 0 Å². The first-order chi connectivity index (χ1) is 34.6. The summed E-state index contributed by atoms with van der Waals surface area (Å²) in [5.41, 5.74) is -5.83. The van der Waals surface area contributed by atoms with Crippen LogP contribution in [0.4, 0.5) is 11.4 Å². The molecule has 1 aromatic heterocycles. The van der Waals surface area contributed by atoms with Gasteiger partial charge in [0.15, 0.2) is 22.8 Å². The van der Waals surface area contributed by atoms with Gasteiger partial charge in [0.25, 0.3) is 17.0 Å².